The smallest absolute Gasteiger partial charge is 0.245 e. The molecule has 1 atom stereocenters. The predicted molar refractivity (Wildman–Crippen MR) is 104 cm³/mol. The summed E-state index contributed by atoms with van der Waals surface area (Å²) in [5.74, 6) is -1.04. The maximum atomic E-state index is 13.1. The molecule has 2 aliphatic rings. The fourth-order valence-electron chi connectivity index (χ4n) is 4.08. The van der Waals surface area contributed by atoms with Crippen LogP contribution in [0, 0.1) is 0 Å². The molecule has 3 rings (SSSR count). The molecule has 1 aromatic carbocycles. The number of rotatable bonds is 6. The van der Waals surface area contributed by atoms with E-state index in [4.69, 9.17) is 0 Å². The molecule has 146 valence electrons. The van der Waals surface area contributed by atoms with Crippen molar-refractivity contribution in [3.63, 3.8) is 0 Å². The van der Waals surface area contributed by atoms with Crippen LogP contribution in [0.5, 0.6) is 0 Å². The van der Waals surface area contributed by atoms with Crippen LogP contribution >= 0.6 is 0 Å². The highest BCUT2D eigenvalue weighted by molar-refractivity contribution is 6.02. The van der Waals surface area contributed by atoms with E-state index >= 15 is 0 Å². The number of nitrogens with one attached hydrogen (secondary N) is 3. The molecule has 1 unspecified atom stereocenters. The fraction of sp³-hybridized carbons (Fsp3) is 0.571. The average Bonchev–Trinajstić information content (AvgIpc) is 2.68. The lowest BCUT2D eigenvalue weighted by molar-refractivity contribution is -0.136. The second-order valence-corrected chi connectivity index (χ2v) is 7.63. The van der Waals surface area contributed by atoms with E-state index in [2.05, 4.69) is 22.9 Å². The highest BCUT2D eigenvalue weighted by atomic mass is 16.2. The lowest BCUT2D eigenvalue weighted by Crippen LogP contribution is -2.60. The molecule has 3 N–H and O–H groups in total. The highest BCUT2D eigenvalue weighted by Crippen LogP contribution is 2.34. The van der Waals surface area contributed by atoms with Crippen molar-refractivity contribution in [3.8, 4) is 0 Å². The SMILES string of the molecule is CCCCNC(=O)C1(NC(=O)C2CC(=O)Nc3ccccc32)CCCCC1. The molecule has 0 radical (unpaired) electrons. The van der Waals surface area contributed by atoms with Crippen LogP contribution in [0.2, 0.25) is 0 Å². The molecule has 27 heavy (non-hydrogen) atoms. The zero-order valence-corrected chi connectivity index (χ0v) is 16.0. The molecule has 0 bridgehead atoms. The third kappa shape index (κ3) is 4.31. The van der Waals surface area contributed by atoms with Gasteiger partial charge in [0, 0.05) is 18.7 Å². The zero-order chi connectivity index (χ0) is 19.3. The molecule has 3 amide bonds. The van der Waals surface area contributed by atoms with Crippen molar-refractivity contribution in [2.75, 3.05) is 11.9 Å². The Bertz CT molecular complexity index is 710. The molecule has 0 spiro atoms. The molecule has 1 aliphatic carbocycles. The number of unbranched alkanes of at least 4 members (excludes halogenated alkanes) is 1. The van der Waals surface area contributed by atoms with Crippen LogP contribution in [0.3, 0.4) is 0 Å². The van der Waals surface area contributed by atoms with Crippen molar-refractivity contribution in [2.24, 2.45) is 0 Å². The maximum absolute atomic E-state index is 13.1. The number of hydrogen-bond donors (Lipinski definition) is 3. The van der Waals surface area contributed by atoms with Gasteiger partial charge in [-0.05, 0) is 30.9 Å². The summed E-state index contributed by atoms with van der Waals surface area (Å²) in [6.45, 7) is 2.71. The monoisotopic (exact) mass is 371 g/mol. The van der Waals surface area contributed by atoms with Crippen molar-refractivity contribution in [2.45, 2.75) is 69.7 Å². The number of para-hydroxylation sites is 1. The van der Waals surface area contributed by atoms with E-state index in [-0.39, 0.29) is 24.1 Å². The van der Waals surface area contributed by atoms with Gasteiger partial charge in [-0.1, -0.05) is 50.8 Å². The molecule has 1 fully saturated rings. The first-order chi connectivity index (χ1) is 13.1. The summed E-state index contributed by atoms with van der Waals surface area (Å²) in [5.41, 5.74) is 0.636. The van der Waals surface area contributed by atoms with Crippen LogP contribution in [0.4, 0.5) is 5.69 Å². The standard InChI is InChI=1S/C21H29N3O3/c1-2-3-13-22-20(27)21(11-7-4-8-12-21)24-19(26)16-14-18(25)23-17-10-6-5-9-15(16)17/h5-6,9-10,16H,2-4,7-8,11-14H2,1H3,(H,22,27)(H,23,25)(H,24,26). The van der Waals surface area contributed by atoms with E-state index in [0.29, 0.717) is 25.1 Å². The van der Waals surface area contributed by atoms with E-state index in [1.165, 1.54) is 0 Å². The van der Waals surface area contributed by atoms with Gasteiger partial charge in [0.1, 0.15) is 5.54 Å². The molecule has 0 saturated heterocycles. The Hall–Kier alpha value is -2.37. The molecule has 6 nitrogen and oxygen atoms in total. The lowest BCUT2D eigenvalue weighted by atomic mass is 9.79. The van der Waals surface area contributed by atoms with Crippen LogP contribution < -0.4 is 16.0 Å². The largest absolute Gasteiger partial charge is 0.354 e. The van der Waals surface area contributed by atoms with Crippen molar-refractivity contribution in [1.29, 1.82) is 0 Å². The number of hydrogen-bond acceptors (Lipinski definition) is 3. The Kier molecular flexibility index (Phi) is 6.14. The molecule has 1 aliphatic heterocycles. The summed E-state index contributed by atoms with van der Waals surface area (Å²) in [6.07, 6.45) is 6.26. The molecule has 0 aromatic heterocycles. The summed E-state index contributed by atoms with van der Waals surface area (Å²) in [5, 5.41) is 8.87. The summed E-state index contributed by atoms with van der Waals surface area (Å²) in [6, 6.07) is 7.38. The molecule has 1 aromatic rings. The quantitative estimate of drug-likeness (QED) is 0.672. The minimum Gasteiger partial charge on any atom is -0.354 e. The third-order valence-corrected chi connectivity index (χ3v) is 5.64. The van der Waals surface area contributed by atoms with Crippen LogP contribution in [0.1, 0.15) is 69.8 Å². The predicted octanol–water partition coefficient (Wildman–Crippen LogP) is 2.85. The topological polar surface area (TPSA) is 87.3 Å². The number of benzene rings is 1. The minimum atomic E-state index is -0.855. The first-order valence-corrected chi connectivity index (χ1v) is 10.0. The van der Waals surface area contributed by atoms with Crippen molar-refractivity contribution >= 4 is 23.4 Å². The van der Waals surface area contributed by atoms with E-state index in [1.807, 2.05) is 18.2 Å². The summed E-state index contributed by atoms with van der Waals surface area (Å²) in [7, 11) is 0. The van der Waals surface area contributed by atoms with E-state index < -0.39 is 11.5 Å². The van der Waals surface area contributed by atoms with Gasteiger partial charge in [-0.25, -0.2) is 0 Å². The van der Waals surface area contributed by atoms with Crippen molar-refractivity contribution in [3.05, 3.63) is 29.8 Å². The van der Waals surface area contributed by atoms with Gasteiger partial charge in [0.25, 0.3) is 0 Å². The van der Waals surface area contributed by atoms with Gasteiger partial charge in [0.05, 0.1) is 5.92 Å². The van der Waals surface area contributed by atoms with Crippen LogP contribution in [0.25, 0.3) is 0 Å². The zero-order valence-electron chi connectivity index (χ0n) is 16.0. The summed E-state index contributed by atoms with van der Waals surface area (Å²) >= 11 is 0. The Labute approximate surface area is 160 Å². The normalized spacial score (nSPS) is 20.9. The highest BCUT2D eigenvalue weighted by Gasteiger charge is 2.43. The first kappa shape index (κ1) is 19.4. The lowest BCUT2D eigenvalue weighted by Gasteiger charge is -2.38. The number of carbonyl (C=O) groups is 3. The average molecular weight is 371 g/mol. The first-order valence-electron chi connectivity index (χ1n) is 10.0. The molecule has 6 heteroatoms. The second-order valence-electron chi connectivity index (χ2n) is 7.63. The second kappa shape index (κ2) is 8.55. The number of fused-ring (bicyclic) bond motifs is 1. The third-order valence-electron chi connectivity index (χ3n) is 5.64. The van der Waals surface area contributed by atoms with Gasteiger partial charge in [0.2, 0.25) is 17.7 Å². The van der Waals surface area contributed by atoms with Crippen molar-refractivity contribution < 1.29 is 14.4 Å². The Balaban J connectivity index is 1.79. The molecule has 1 saturated carbocycles. The summed E-state index contributed by atoms with van der Waals surface area (Å²) < 4.78 is 0. The number of anilines is 1. The molecule has 1 heterocycles. The van der Waals surface area contributed by atoms with Crippen LogP contribution in [-0.2, 0) is 14.4 Å². The van der Waals surface area contributed by atoms with Gasteiger partial charge in [-0.3, -0.25) is 14.4 Å². The van der Waals surface area contributed by atoms with E-state index in [1.54, 1.807) is 6.07 Å². The van der Waals surface area contributed by atoms with E-state index in [0.717, 1.165) is 37.7 Å². The molecular formula is C21H29N3O3. The van der Waals surface area contributed by atoms with Gasteiger partial charge < -0.3 is 16.0 Å². The fourth-order valence-corrected chi connectivity index (χ4v) is 4.08. The van der Waals surface area contributed by atoms with Gasteiger partial charge in [-0.15, -0.1) is 0 Å². The molecular weight excluding hydrogens is 342 g/mol. The Morgan fingerprint density at radius 1 is 1.19 bits per heavy atom. The maximum Gasteiger partial charge on any atom is 0.245 e. The van der Waals surface area contributed by atoms with Crippen molar-refractivity contribution in [1.82, 2.24) is 10.6 Å². The summed E-state index contributed by atoms with van der Waals surface area (Å²) in [4.78, 5) is 38.1. The van der Waals surface area contributed by atoms with Gasteiger partial charge in [0.15, 0.2) is 0 Å². The van der Waals surface area contributed by atoms with Gasteiger partial charge in [-0.2, -0.15) is 0 Å². The van der Waals surface area contributed by atoms with Crippen LogP contribution in [-0.4, -0.2) is 29.8 Å². The number of amides is 3. The van der Waals surface area contributed by atoms with E-state index in [9.17, 15) is 14.4 Å². The van der Waals surface area contributed by atoms with Crippen LogP contribution in [0.15, 0.2) is 24.3 Å². The van der Waals surface area contributed by atoms with Gasteiger partial charge >= 0.3 is 0 Å². The Morgan fingerprint density at radius 3 is 2.67 bits per heavy atom. The number of carbonyl (C=O) groups excluding carboxylic acids is 3. The Morgan fingerprint density at radius 2 is 1.93 bits per heavy atom. The minimum absolute atomic E-state index is 0.0856.